The van der Waals surface area contributed by atoms with Gasteiger partial charge >= 0.3 is 0 Å². The molecule has 2 bridgehead atoms. The van der Waals surface area contributed by atoms with Gasteiger partial charge in [0, 0.05) is 6.07 Å². The number of ether oxygens (including phenoxy) is 2. The molecular weight excluding hydrogens is 294 g/mol. The molecule has 0 aromatic heterocycles. The first kappa shape index (κ1) is 12.2. The predicted molar refractivity (Wildman–Crippen MR) is 79.8 cm³/mol. The molecule has 5 nitrogen and oxygen atoms in total. The molecule has 1 saturated heterocycles. The summed E-state index contributed by atoms with van der Waals surface area (Å²) in [5, 5.41) is 0. The minimum absolute atomic E-state index is 0.0398. The summed E-state index contributed by atoms with van der Waals surface area (Å²) in [7, 11) is 0. The molecule has 1 aromatic carbocycles. The molecule has 1 spiro atoms. The van der Waals surface area contributed by atoms with Crippen LogP contribution in [0.1, 0.15) is 12.8 Å². The Labute approximate surface area is 132 Å². The molecule has 3 aliphatic carbocycles. The molecule has 2 aliphatic heterocycles. The summed E-state index contributed by atoms with van der Waals surface area (Å²) in [4.78, 5) is 27.4. The molecular formula is C18H15NO4. The van der Waals surface area contributed by atoms with Crippen LogP contribution in [0.15, 0.2) is 30.4 Å². The highest BCUT2D eigenvalue weighted by molar-refractivity contribution is 6.23. The van der Waals surface area contributed by atoms with Gasteiger partial charge in [-0.25, -0.2) is 4.90 Å². The number of nitrogens with zero attached hydrogens (tertiary/aromatic N) is 1. The van der Waals surface area contributed by atoms with E-state index in [9.17, 15) is 9.59 Å². The minimum atomic E-state index is -0.162. The van der Waals surface area contributed by atoms with Gasteiger partial charge in [-0.15, -0.1) is 0 Å². The SMILES string of the molecule is O=C1[C@@H]2[C@H](C(=O)N1c1ccc3c(c1)OCO3)[C@H]1C=C[C@H]2C12CC2. The second-order valence-corrected chi connectivity index (χ2v) is 7.27. The van der Waals surface area contributed by atoms with Gasteiger partial charge in [0.15, 0.2) is 11.5 Å². The highest BCUT2D eigenvalue weighted by atomic mass is 16.7. The van der Waals surface area contributed by atoms with Crippen LogP contribution >= 0.6 is 0 Å². The maximum Gasteiger partial charge on any atom is 0.238 e. The van der Waals surface area contributed by atoms with Gasteiger partial charge in [0.1, 0.15) is 0 Å². The summed E-state index contributed by atoms with van der Waals surface area (Å²) < 4.78 is 10.7. The Balaban J connectivity index is 1.42. The first-order valence-corrected chi connectivity index (χ1v) is 8.16. The molecule has 3 fully saturated rings. The Morgan fingerprint density at radius 2 is 1.61 bits per heavy atom. The van der Waals surface area contributed by atoms with Gasteiger partial charge in [0.25, 0.3) is 0 Å². The van der Waals surface area contributed by atoms with E-state index in [2.05, 4.69) is 12.2 Å². The number of carbonyl (C=O) groups is 2. The largest absolute Gasteiger partial charge is 0.454 e. The quantitative estimate of drug-likeness (QED) is 0.589. The van der Waals surface area contributed by atoms with Crippen molar-refractivity contribution in [2.24, 2.45) is 29.1 Å². The summed E-state index contributed by atoms with van der Waals surface area (Å²) in [5.41, 5.74) is 0.838. The smallest absolute Gasteiger partial charge is 0.238 e. The van der Waals surface area contributed by atoms with Crippen LogP contribution in [-0.2, 0) is 9.59 Å². The lowest BCUT2D eigenvalue weighted by Gasteiger charge is -2.21. The van der Waals surface area contributed by atoms with E-state index in [-0.39, 0.29) is 47.7 Å². The molecule has 0 N–H and O–H groups in total. The summed E-state index contributed by atoms with van der Waals surface area (Å²) >= 11 is 0. The Bertz CT molecular complexity index is 775. The van der Waals surface area contributed by atoms with Crippen LogP contribution in [-0.4, -0.2) is 18.6 Å². The molecule has 1 aromatic rings. The van der Waals surface area contributed by atoms with Gasteiger partial charge < -0.3 is 9.47 Å². The summed E-state index contributed by atoms with van der Waals surface area (Å²) in [6.45, 7) is 0.183. The first-order valence-electron chi connectivity index (χ1n) is 8.16. The van der Waals surface area contributed by atoms with E-state index in [1.165, 1.54) is 4.90 Å². The van der Waals surface area contributed by atoms with E-state index < -0.39 is 0 Å². The van der Waals surface area contributed by atoms with Crippen molar-refractivity contribution in [3.63, 3.8) is 0 Å². The molecule has 2 amide bonds. The van der Waals surface area contributed by atoms with Gasteiger partial charge in [-0.2, -0.15) is 0 Å². The summed E-state index contributed by atoms with van der Waals surface area (Å²) in [6, 6.07) is 5.27. The van der Waals surface area contributed by atoms with Crippen molar-refractivity contribution in [2.45, 2.75) is 12.8 Å². The zero-order valence-electron chi connectivity index (χ0n) is 12.4. The van der Waals surface area contributed by atoms with E-state index in [1.807, 2.05) is 0 Å². The molecule has 5 heteroatoms. The predicted octanol–water partition coefficient (Wildman–Crippen LogP) is 2.12. The lowest BCUT2D eigenvalue weighted by Crippen LogP contribution is -2.34. The molecule has 0 radical (unpaired) electrons. The van der Waals surface area contributed by atoms with Crippen molar-refractivity contribution < 1.29 is 19.1 Å². The van der Waals surface area contributed by atoms with Crippen LogP contribution < -0.4 is 14.4 Å². The van der Waals surface area contributed by atoms with Crippen molar-refractivity contribution in [3.8, 4) is 11.5 Å². The van der Waals surface area contributed by atoms with Crippen molar-refractivity contribution in [1.82, 2.24) is 0 Å². The van der Waals surface area contributed by atoms with Crippen molar-refractivity contribution in [3.05, 3.63) is 30.4 Å². The number of benzene rings is 1. The third kappa shape index (κ3) is 1.23. The molecule has 4 atom stereocenters. The van der Waals surface area contributed by atoms with Gasteiger partial charge in [0.2, 0.25) is 18.6 Å². The average molecular weight is 309 g/mol. The monoisotopic (exact) mass is 309 g/mol. The van der Waals surface area contributed by atoms with Gasteiger partial charge in [-0.05, 0) is 42.2 Å². The Hall–Kier alpha value is -2.30. The lowest BCUT2D eigenvalue weighted by atomic mass is 9.85. The number of fused-ring (bicyclic) bond motifs is 4. The van der Waals surface area contributed by atoms with Crippen LogP contribution in [0, 0.1) is 29.1 Å². The fourth-order valence-electron chi connectivity index (χ4n) is 5.36. The molecule has 2 saturated carbocycles. The average Bonchev–Trinajstić information content (AvgIpc) is 2.83. The fourth-order valence-corrected chi connectivity index (χ4v) is 5.36. The maximum absolute atomic E-state index is 13.0. The van der Waals surface area contributed by atoms with Crippen LogP contribution in [0.4, 0.5) is 5.69 Å². The maximum atomic E-state index is 13.0. The number of allylic oxidation sites excluding steroid dienone is 2. The molecule has 5 aliphatic rings. The number of hydrogen-bond acceptors (Lipinski definition) is 4. The highest BCUT2D eigenvalue weighted by Crippen LogP contribution is 2.73. The normalized spacial score (nSPS) is 37.1. The number of rotatable bonds is 1. The van der Waals surface area contributed by atoms with Gasteiger partial charge in [-0.1, -0.05) is 12.2 Å². The fraction of sp³-hybridized carbons (Fsp3) is 0.444. The Morgan fingerprint density at radius 1 is 0.957 bits per heavy atom. The van der Waals surface area contributed by atoms with Gasteiger partial charge in [-0.3, -0.25) is 9.59 Å². The van der Waals surface area contributed by atoms with E-state index in [0.29, 0.717) is 17.2 Å². The van der Waals surface area contributed by atoms with E-state index in [4.69, 9.17) is 9.47 Å². The number of imide groups is 1. The number of hydrogen-bond donors (Lipinski definition) is 0. The molecule has 23 heavy (non-hydrogen) atoms. The zero-order valence-corrected chi connectivity index (χ0v) is 12.4. The van der Waals surface area contributed by atoms with Crippen LogP contribution in [0.5, 0.6) is 11.5 Å². The molecule has 2 heterocycles. The molecule has 6 rings (SSSR count). The second kappa shape index (κ2) is 3.61. The number of amides is 2. The van der Waals surface area contributed by atoms with Crippen LogP contribution in [0.2, 0.25) is 0 Å². The Morgan fingerprint density at radius 3 is 2.26 bits per heavy atom. The van der Waals surface area contributed by atoms with Crippen molar-refractivity contribution in [2.75, 3.05) is 11.7 Å². The number of anilines is 1. The van der Waals surface area contributed by atoms with E-state index in [0.717, 1.165) is 12.8 Å². The summed E-state index contributed by atoms with van der Waals surface area (Å²) in [6.07, 6.45) is 6.69. The number of carbonyl (C=O) groups excluding carboxylic acids is 2. The second-order valence-electron chi connectivity index (χ2n) is 7.27. The van der Waals surface area contributed by atoms with Crippen LogP contribution in [0.3, 0.4) is 0 Å². The Kier molecular flexibility index (Phi) is 1.91. The zero-order chi connectivity index (χ0) is 15.3. The highest BCUT2D eigenvalue weighted by Gasteiger charge is 2.73. The standard InChI is InChI=1S/C18H15NO4/c20-16-14-10-2-3-11(18(10)5-6-18)15(14)17(21)19(16)9-1-4-12-13(7-9)23-8-22-12/h1-4,7,10-11,14-15H,5-6,8H2/t10-,11-,14-,15+/m1/s1. The minimum Gasteiger partial charge on any atom is -0.454 e. The van der Waals surface area contributed by atoms with E-state index >= 15 is 0 Å². The lowest BCUT2D eigenvalue weighted by molar-refractivity contribution is -0.123. The van der Waals surface area contributed by atoms with Crippen LogP contribution in [0.25, 0.3) is 0 Å². The summed E-state index contributed by atoms with van der Waals surface area (Å²) in [5.74, 6) is 1.37. The molecule has 116 valence electrons. The third-order valence-corrected chi connectivity index (χ3v) is 6.47. The van der Waals surface area contributed by atoms with Gasteiger partial charge in [0.05, 0.1) is 17.5 Å². The molecule has 0 unspecified atom stereocenters. The third-order valence-electron chi connectivity index (χ3n) is 6.47. The van der Waals surface area contributed by atoms with Crippen molar-refractivity contribution >= 4 is 17.5 Å². The van der Waals surface area contributed by atoms with Crippen molar-refractivity contribution in [1.29, 1.82) is 0 Å². The van der Waals surface area contributed by atoms with E-state index in [1.54, 1.807) is 18.2 Å². The first-order chi connectivity index (χ1) is 11.2. The topological polar surface area (TPSA) is 55.8 Å².